The molecule has 10 heteroatoms. The first-order valence-corrected chi connectivity index (χ1v) is 8.59. The molecule has 0 atom stereocenters. The number of rotatable bonds is 5. The predicted molar refractivity (Wildman–Crippen MR) is 105 cm³/mol. The van der Waals surface area contributed by atoms with Gasteiger partial charge in [0.1, 0.15) is 5.69 Å². The third-order valence-electron chi connectivity index (χ3n) is 4.67. The lowest BCUT2D eigenvalue weighted by atomic mass is 10.00. The molecule has 0 saturated heterocycles. The molecule has 0 radical (unpaired) electrons. The van der Waals surface area contributed by atoms with E-state index >= 15 is 0 Å². The molecular formula is C20H11N4O6-. The van der Waals surface area contributed by atoms with Crippen LogP contribution in [-0.4, -0.2) is 21.5 Å². The van der Waals surface area contributed by atoms with Gasteiger partial charge >= 0.3 is 5.69 Å². The third-order valence-corrected chi connectivity index (χ3v) is 4.67. The Hall–Kier alpha value is -4.60. The molecule has 0 spiro atoms. The Balaban J connectivity index is 1.84. The van der Waals surface area contributed by atoms with E-state index in [0.29, 0.717) is 28.0 Å². The summed E-state index contributed by atoms with van der Waals surface area (Å²) in [4.78, 5) is 32.3. The number of nitrogens with zero attached hydrogens (tertiary/aromatic N) is 3. The lowest BCUT2D eigenvalue weighted by Gasteiger charge is -2.09. The van der Waals surface area contributed by atoms with Crippen molar-refractivity contribution in [3.8, 4) is 11.1 Å². The van der Waals surface area contributed by atoms with E-state index in [9.17, 15) is 30.1 Å². The Morgan fingerprint density at radius 1 is 0.867 bits per heavy atom. The van der Waals surface area contributed by atoms with Gasteiger partial charge in [-0.15, -0.1) is 0 Å². The van der Waals surface area contributed by atoms with Gasteiger partial charge < -0.3 is 9.90 Å². The minimum Gasteiger partial charge on any atom is -0.545 e. The summed E-state index contributed by atoms with van der Waals surface area (Å²) in [6.45, 7) is 0. The molecule has 1 aliphatic rings. The van der Waals surface area contributed by atoms with E-state index < -0.39 is 27.2 Å². The number of carbonyl (C=O) groups excluding carboxylic acids is 1. The second-order valence-corrected chi connectivity index (χ2v) is 6.35. The fourth-order valence-electron chi connectivity index (χ4n) is 3.38. The quantitative estimate of drug-likeness (QED) is 0.397. The fourth-order valence-corrected chi connectivity index (χ4v) is 3.38. The highest BCUT2D eigenvalue weighted by Crippen LogP contribution is 2.39. The third kappa shape index (κ3) is 3.02. The van der Waals surface area contributed by atoms with Crippen LogP contribution in [0.2, 0.25) is 0 Å². The number of hydrogen-bond acceptors (Lipinski definition) is 8. The highest BCUT2D eigenvalue weighted by atomic mass is 16.6. The Bertz CT molecular complexity index is 1270. The zero-order valence-corrected chi connectivity index (χ0v) is 15.1. The van der Waals surface area contributed by atoms with Crippen LogP contribution in [0.3, 0.4) is 0 Å². The number of aromatic carboxylic acids is 1. The summed E-state index contributed by atoms with van der Waals surface area (Å²) in [5.41, 5.74) is 4.27. The van der Waals surface area contributed by atoms with Crippen LogP contribution in [-0.2, 0) is 0 Å². The SMILES string of the molecule is O=C([O-])c1cccc2c1-c1ccccc1/C2=N\Nc1ccc([N+](=O)[O-])cc1[N+](=O)[O-]. The van der Waals surface area contributed by atoms with Gasteiger partial charge in [0.25, 0.3) is 5.69 Å². The average Bonchev–Trinajstić information content (AvgIpc) is 3.05. The molecule has 0 unspecified atom stereocenters. The molecule has 148 valence electrons. The van der Waals surface area contributed by atoms with Crippen molar-refractivity contribution in [2.45, 2.75) is 0 Å². The van der Waals surface area contributed by atoms with Crippen molar-refractivity contribution in [1.29, 1.82) is 0 Å². The van der Waals surface area contributed by atoms with E-state index in [0.717, 1.165) is 12.1 Å². The van der Waals surface area contributed by atoms with Gasteiger partial charge in [-0.05, 0) is 11.6 Å². The molecular weight excluding hydrogens is 392 g/mol. The zero-order chi connectivity index (χ0) is 21.4. The Morgan fingerprint density at radius 3 is 2.23 bits per heavy atom. The first kappa shape index (κ1) is 18.7. The van der Waals surface area contributed by atoms with Crippen LogP contribution in [0.4, 0.5) is 17.1 Å². The Labute approximate surface area is 168 Å². The van der Waals surface area contributed by atoms with Gasteiger partial charge in [0, 0.05) is 28.3 Å². The number of non-ortho nitro benzene ring substituents is 1. The van der Waals surface area contributed by atoms with Gasteiger partial charge in [0.15, 0.2) is 0 Å². The molecule has 3 aromatic rings. The lowest BCUT2D eigenvalue weighted by molar-refractivity contribution is -0.393. The normalized spacial score (nSPS) is 12.9. The number of hydrogen-bond donors (Lipinski definition) is 1. The van der Waals surface area contributed by atoms with Crippen molar-refractivity contribution in [2.24, 2.45) is 5.10 Å². The first-order chi connectivity index (χ1) is 14.4. The summed E-state index contributed by atoms with van der Waals surface area (Å²) >= 11 is 0. The maximum absolute atomic E-state index is 11.6. The number of hydrazone groups is 1. The van der Waals surface area contributed by atoms with Crippen LogP contribution >= 0.6 is 0 Å². The number of anilines is 1. The van der Waals surface area contributed by atoms with E-state index in [1.807, 2.05) is 0 Å². The van der Waals surface area contributed by atoms with E-state index in [4.69, 9.17) is 0 Å². The number of carboxylic acid groups (broad SMARTS) is 1. The van der Waals surface area contributed by atoms with E-state index in [1.165, 1.54) is 12.1 Å². The predicted octanol–water partition coefficient (Wildman–Crippen LogP) is 2.71. The van der Waals surface area contributed by atoms with Crippen LogP contribution in [0.1, 0.15) is 21.5 Å². The number of benzene rings is 3. The fraction of sp³-hybridized carbons (Fsp3) is 0. The van der Waals surface area contributed by atoms with E-state index in [2.05, 4.69) is 10.5 Å². The number of carboxylic acids is 1. The smallest absolute Gasteiger partial charge is 0.301 e. The molecule has 3 aromatic carbocycles. The number of nitro groups is 2. The molecule has 0 saturated carbocycles. The molecule has 0 amide bonds. The van der Waals surface area contributed by atoms with Gasteiger partial charge in [-0.3, -0.25) is 25.7 Å². The molecule has 0 fully saturated rings. The van der Waals surface area contributed by atoms with Crippen molar-refractivity contribution in [3.05, 3.63) is 97.6 Å². The Morgan fingerprint density at radius 2 is 1.57 bits per heavy atom. The van der Waals surface area contributed by atoms with Crippen LogP contribution in [0.5, 0.6) is 0 Å². The van der Waals surface area contributed by atoms with Crippen molar-refractivity contribution < 1.29 is 19.7 Å². The monoisotopic (exact) mass is 403 g/mol. The first-order valence-electron chi connectivity index (χ1n) is 8.59. The molecule has 0 aliphatic heterocycles. The number of nitrogens with one attached hydrogen (secondary N) is 1. The van der Waals surface area contributed by atoms with Gasteiger partial charge in [0.2, 0.25) is 0 Å². The average molecular weight is 403 g/mol. The molecule has 1 aliphatic carbocycles. The summed E-state index contributed by atoms with van der Waals surface area (Å²) in [6.07, 6.45) is 0. The second-order valence-electron chi connectivity index (χ2n) is 6.35. The van der Waals surface area contributed by atoms with Crippen molar-refractivity contribution >= 4 is 28.7 Å². The van der Waals surface area contributed by atoms with Crippen molar-refractivity contribution in [3.63, 3.8) is 0 Å². The summed E-state index contributed by atoms with van der Waals surface area (Å²) in [5.74, 6) is -1.33. The largest absolute Gasteiger partial charge is 0.545 e. The van der Waals surface area contributed by atoms with Crippen LogP contribution in [0.25, 0.3) is 11.1 Å². The maximum Gasteiger partial charge on any atom is 0.301 e. The number of nitro benzene ring substituents is 2. The van der Waals surface area contributed by atoms with Crippen LogP contribution in [0, 0.1) is 20.2 Å². The van der Waals surface area contributed by atoms with Crippen molar-refractivity contribution in [2.75, 3.05) is 5.43 Å². The molecule has 1 N–H and O–H groups in total. The van der Waals surface area contributed by atoms with Crippen molar-refractivity contribution in [1.82, 2.24) is 0 Å². The minimum atomic E-state index is -1.33. The second kappa shape index (κ2) is 7.09. The lowest BCUT2D eigenvalue weighted by Crippen LogP contribution is -2.23. The van der Waals surface area contributed by atoms with Gasteiger partial charge in [-0.2, -0.15) is 5.10 Å². The molecule has 0 bridgehead atoms. The van der Waals surface area contributed by atoms with Gasteiger partial charge in [0.05, 0.1) is 27.6 Å². The van der Waals surface area contributed by atoms with Crippen LogP contribution in [0.15, 0.2) is 65.8 Å². The zero-order valence-electron chi connectivity index (χ0n) is 15.1. The molecule has 10 nitrogen and oxygen atoms in total. The minimum absolute atomic E-state index is 0.00599. The molecule has 30 heavy (non-hydrogen) atoms. The molecule has 4 rings (SSSR count). The summed E-state index contributed by atoms with van der Waals surface area (Å²) in [7, 11) is 0. The summed E-state index contributed by atoms with van der Waals surface area (Å²) in [5, 5.41) is 38.1. The molecule has 0 aromatic heterocycles. The summed E-state index contributed by atoms with van der Waals surface area (Å²) in [6, 6.07) is 14.8. The van der Waals surface area contributed by atoms with E-state index in [-0.39, 0.29) is 11.3 Å². The van der Waals surface area contributed by atoms with Gasteiger partial charge in [-0.1, -0.05) is 42.5 Å². The van der Waals surface area contributed by atoms with Gasteiger partial charge in [-0.25, -0.2) is 0 Å². The summed E-state index contributed by atoms with van der Waals surface area (Å²) < 4.78 is 0. The standard InChI is InChI=1S/C20H12N4O6/c25-20(26)15-7-3-6-14-18(15)12-4-1-2-5-13(12)19(14)22-21-16-9-8-11(23(27)28)10-17(16)24(29)30/h1-10,21H,(H,25,26)/p-1/b22-19+. The Kier molecular flexibility index (Phi) is 4.43. The topological polar surface area (TPSA) is 151 Å². The van der Waals surface area contributed by atoms with E-state index in [1.54, 1.807) is 36.4 Å². The highest BCUT2D eigenvalue weighted by Gasteiger charge is 2.28. The number of carbonyl (C=O) groups is 1. The number of fused-ring (bicyclic) bond motifs is 3. The highest BCUT2D eigenvalue weighted by molar-refractivity contribution is 6.26. The maximum atomic E-state index is 11.6. The molecule has 0 heterocycles. The van der Waals surface area contributed by atoms with Crippen LogP contribution < -0.4 is 10.5 Å².